The number of aliphatic hydroxyl groups excluding tert-OH is 12. The standard InChI is InChI=1S/C44H44O24/c45-13-21-28(51)32(55)34(57)40(67-21)43(65)36(59)23(19(49)11-5-15-1-7-17(47)8-2-15)30(53)26(38(43)61)25(42(63)64)27-31(54)24(20(50)12-6-16-3-9-18(48)10-4-16)37(60)44(66,39(27)62)41-35(58)33(56)29(52)22(14-46)68-41/h1-12,21-22,25,28-29,32-35,40-41,45-58,65-66H,13-14H2,(H,63,64)/b11-5+,12-6+,23-19-,24-20+/t21-,22-,25?,28-,29-,32+,33+,34-,35-,40-,41-,43-,44-/m1/s1. The van der Waals surface area contributed by atoms with Crippen LogP contribution in [0.3, 0.4) is 0 Å². The summed E-state index contributed by atoms with van der Waals surface area (Å²) in [5, 5.41) is 186. The zero-order chi connectivity index (χ0) is 50.5. The van der Waals surface area contributed by atoms with Crippen molar-refractivity contribution in [2.45, 2.75) is 72.2 Å². The van der Waals surface area contributed by atoms with Crippen molar-refractivity contribution < 1.29 is 120 Å². The highest BCUT2D eigenvalue weighted by Crippen LogP contribution is 2.47. The van der Waals surface area contributed by atoms with Crippen molar-refractivity contribution in [3.8, 4) is 11.5 Å². The third-order valence-electron chi connectivity index (χ3n) is 11.9. The molecule has 13 atom stereocenters. The quantitative estimate of drug-likeness (QED) is 0.0584. The van der Waals surface area contributed by atoms with E-state index in [0.29, 0.717) is 12.2 Å². The number of rotatable bonds is 11. The summed E-state index contributed by atoms with van der Waals surface area (Å²) in [6.07, 6.45) is -21.5. The number of allylic oxidation sites excluding steroid dienone is 4. The summed E-state index contributed by atoms with van der Waals surface area (Å²) in [4.78, 5) is 72.1. The molecule has 2 aromatic rings. The number of aliphatic hydroxyl groups is 14. The van der Waals surface area contributed by atoms with Gasteiger partial charge in [-0.05, 0) is 47.5 Å². The summed E-state index contributed by atoms with van der Waals surface area (Å²) in [5.41, 5.74) is -15.2. The highest BCUT2D eigenvalue weighted by molar-refractivity contribution is 6.32. The topological polar surface area (TPSA) is 448 Å². The van der Waals surface area contributed by atoms with Gasteiger partial charge in [-0.3, -0.25) is 24.0 Å². The second kappa shape index (κ2) is 19.2. The molecule has 68 heavy (non-hydrogen) atoms. The maximum atomic E-state index is 14.8. The molecule has 0 saturated carbocycles. The van der Waals surface area contributed by atoms with Crippen LogP contribution in [-0.4, -0.2) is 201 Å². The first-order valence-electron chi connectivity index (χ1n) is 20.0. The molecule has 2 aliphatic heterocycles. The molecular weight excluding hydrogens is 912 g/mol. The zero-order valence-electron chi connectivity index (χ0n) is 34.7. The fraction of sp³-hybridized carbons (Fsp3) is 0.341. The Morgan fingerprint density at radius 1 is 0.529 bits per heavy atom. The lowest BCUT2D eigenvalue weighted by molar-refractivity contribution is -0.260. The molecule has 0 radical (unpaired) electrons. The number of Topliss-reactive ketones (excluding diaryl/α,β-unsaturated/α-hetero) is 4. The van der Waals surface area contributed by atoms with Gasteiger partial charge < -0.3 is 96.3 Å². The van der Waals surface area contributed by atoms with Crippen molar-refractivity contribution in [1.82, 2.24) is 0 Å². The number of phenols is 2. The largest absolute Gasteiger partial charge is 0.508 e. The van der Waals surface area contributed by atoms with Crippen LogP contribution in [0.5, 0.6) is 11.5 Å². The molecule has 2 aromatic carbocycles. The summed E-state index contributed by atoms with van der Waals surface area (Å²) in [6, 6.07) is 9.68. The Bertz CT molecular complexity index is 2400. The van der Waals surface area contributed by atoms with Crippen LogP contribution in [-0.2, 0) is 33.4 Å². The van der Waals surface area contributed by atoms with Crippen LogP contribution in [0.1, 0.15) is 11.1 Å². The van der Waals surface area contributed by atoms with Gasteiger partial charge in [-0.15, -0.1) is 0 Å². The van der Waals surface area contributed by atoms with E-state index in [0.717, 1.165) is 12.2 Å². The van der Waals surface area contributed by atoms with Gasteiger partial charge >= 0.3 is 5.97 Å². The molecule has 364 valence electrons. The Balaban J connectivity index is 1.68. The Morgan fingerprint density at radius 3 is 1.15 bits per heavy atom. The van der Waals surface area contributed by atoms with Crippen LogP contribution in [0, 0.1) is 5.92 Å². The molecular formula is C44H44O24. The van der Waals surface area contributed by atoms with Gasteiger partial charge in [-0.2, -0.15) is 0 Å². The Kier molecular flexibility index (Phi) is 14.3. The molecule has 6 rings (SSSR count). The van der Waals surface area contributed by atoms with Gasteiger partial charge in [0.2, 0.25) is 34.3 Å². The average Bonchev–Trinajstić information content (AvgIpc) is 3.30. The lowest BCUT2D eigenvalue weighted by Crippen LogP contribution is -2.72. The summed E-state index contributed by atoms with van der Waals surface area (Å²) in [6.45, 7) is -2.51. The normalized spacial score (nSPS) is 34.8. The number of aromatic hydroxyl groups is 2. The van der Waals surface area contributed by atoms with Gasteiger partial charge in [0.1, 0.15) is 113 Å². The van der Waals surface area contributed by atoms with Crippen LogP contribution in [0.4, 0.5) is 0 Å². The number of hydrogen-bond donors (Lipinski definition) is 17. The van der Waals surface area contributed by atoms with E-state index in [2.05, 4.69) is 0 Å². The fourth-order valence-electron chi connectivity index (χ4n) is 8.20. The minimum atomic E-state index is -4.19. The van der Waals surface area contributed by atoms with E-state index in [4.69, 9.17) is 9.47 Å². The summed E-state index contributed by atoms with van der Waals surface area (Å²) >= 11 is 0. The van der Waals surface area contributed by atoms with Crippen molar-refractivity contribution in [3.63, 3.8) is 0 Å². The van der Waals surface area contributed by atoms with E-state index in [9.17, 15) is 111 Å². The number of carboxylic acids is 1. The molecule has 1 unspecified atom stereocenters. The van der Waals surface area contributed by atoms with E-state index in [1.807, 2.05) is 0 Å². The van der Waals surface area contributed by atoms with E-state index < -0.39 is 166 Å². The number of hydrogen-bond acceptors (Lipinski definition) is 23. The number of ketones is 4. The second-order valence-corrected chi connectivity index (χ2v) is 16.0. The van der Waals surface area contributed by atoms with Crippen LogP contribution >= 0.6 is 0 Å². The lowest BCUT2D eigenvalue weighted by Gasteiger charge is -2.48. The van der Waals surface area contributed by atoms with Gasteiger partial charge in [0, 0.05) is 0 Å². The number of carboxylic acid groups (broad SMARTS) is 1. The average molecular weight is 957 g/mol. The zero-order valence-corrected chi connectivity index (χ0v) is 34.7. The van der Waals surface area contributed by atoms with Crippen molar-refractivity contribution in [2.75, 3.05) is 13.2 Å². The van der Waals surface area contributed by atoms with Gasteiger partial charge in [0.25, 0.3) is 0 Å². The fourth-order valence-corrected chi connectivity index (χ4v) is 8.20. The van der Waals surface area contributed by atoms with E-state index in [1.165, 1.54) is 48.5 Å². The van der Waals surface area contributed by atoms with E-state index in [-0.39, 0.29) is 22.6 Å². The van der Waals surface area contributed by atoms with Gasteiger partial charge in [0.15, 0.2) is 0 Å². The first-order chi connectivity index (χ1) is 31.9. The molecule has 24 heteroatoms. The molecule has 24 nitrogen and oxygen atoms in total. The van der Waals surface area contributed by atoms with Crippen LogP contribution < -0.4 is 0 Å². The summed E-state index contributed by atoms with van der Waals surface area (Å²) in [5.74, 6) is -22.2. The van der Waals surface area contributed by atoms with Gasteiger partial charge in [0.05, 0.1) is 24.4 Å². The monoisotopic (exact) mass is 956 g/mol. The van der Waals surface area contributed by atoms with Crippen LogP contribution in [0.15, 0.2) is 106 Å². The molecule has 2 fully saturated rings. The molecule has 0 aromatic heterocycles. The number of phenolic OH excluding ortho intramolecular Hbond substituents is 2. The molecule has 0 amide bonds. The van der Waals surface area contributed by atoms with E-state index >= 15 is 0 Å². The first-order valence-corrected chi connectivity index (χ1v) is 20.0. The number of carbonyl (C=O) groups is 5. The number of aliphatic carboxylic acids is 1. The smallest absolute Gasteiger partial charge is 0.316 e. The Labute approximate surface area is 381 Å². The highest BCUT2D eigenvalue weighted by Gasteiger charge is 2.68. The number of benzene rings is 2. The van der Waals surface area contributed by atoms with Crippen molar-refractivity contribution in [2.24, 2.45) is 5.92 Å². The minimum Gasteiger partial charge on any atom is -0.508 e. The molecule has 2 heterocycles. The lowest BCUT2D eigenvalue weighted by atomic mass is 9.64. The molecule has 2 aliphatic carbocycles. The second-order valence-electron chi connectivity index (χ2n) is 16.0. The third kappa shape index (κ3) is 8.37. The predicted molar refractivity (Wildman–Crippen MR) is 221 cm³/mol. The van der Waals surface area contributed by atoms with Crippen molar-refractivity contribution >= 4 is 41.3 Å². The Hall–Kier alpha value is -6.65. The van der Waals surface area contributed by atoms with E-state index in [1.54, 1.807) is 0 Å². The number of ether oxygens (including phenoxy) is 2. The molecule has 4 aliphatic rings. The van der Waals surface area contributed by atoms with Crippen molar-refractivity contribution in [3.05, 3.63) is 117 Å². The van der Waals surface area contributed by atoms with Crippen LogP contribution in [0.2, 0.25) is 0 Å². The number of carbonyl (C=O) groups excluding carboxylic acids is 4. The molecule has 0 bridgehead atoms. The molecule has 17 N–H and O–H groups in total. The SMILES string of the molecule is O=C(O)C(C1=C(O)/C(=C(O)\C=C\c2ccc(O)cc2)C(=O)[C@](O)([C@@H]2O[C@H](CO)[C@@H](O)[C@H](O)[C@H]2O)C1=O)C1=C(O)/C(=C(O)/C=C/c2ccc(O)cc2)C(=O)[C@](O)([C@@H]2O[C@H](CO)[C@@H](O)[C@H](O)[C@H]2O)C1=O. The first kappa shape index (κ1) is 50.8. The summed E-state index contributed by atoms with van der Waals surface area (Å²) in [7, 11) is 0. The third-order valence-corrected chi connectivity index (χ3v) is 11.9. The molecule has 0 spiro atoms. The van der Waals surface area contributed by atoms with Crippen LogP contribution in [0.25, 0.3) is 12.2 Å². The molecule has 2 saturated heterocycles. The Morgan fingerprint density at radius 2 is 0.853 bits per heavy atom. The van der Waals surface area contributed by atoms with Crippen molar-refractivity contribution in [1.29, 1.82) is 0 Å². The maximum Gasteiger partial charge on any atom is 0.316 e. The summed E-state index contributed by atoms with van der Waals surface area (Å²) < 4.78 is 10.6. The highest BCUT2D eigenvalue weighted by atomic mass is 16.6. The predicted octanol–water partition coefficient (Wildman–Crippen LogP) is -3.78. The maximum absolute atomic E-state index is 14.8. The van der Waals surface area contributed by atoms with Gasteiger partial charge in [-0.1, -0.05) is 36.4 Å². The van der Waals surface area contributed by atoms with Gasteiger partial charge in [-0.25, -0.2) is 0 Å². The minimum absolute atomic E-state index is 0.143.